The maximum atomic E-state index is 12.8. The molecule has 0 aromatic carbocycles. The van der Waals surface area contributed by atoms with E-state index < -0.39 is 18.0 Å². The molecule has 0 spiro atoms. The van der Waals surface area contributed by atoms with Crippen molar-refractivity contribution in [2.75, 3.05) is 0 Å². The fourth-order valence-corrected chi connectivity index (χ4v) is 9.71. The maximum absolute atomic E-state index is 12.8. The monoisotopic (exact) mass is 930 g/mol. The fourth-order valence-electron chi connectivity index (χ4n) is 9.71. The van der Waals surface area contributed by atoms with E-state index in [1.807, 2.05) is 32.9 Å². The van der Waals surface area contributed by atoms with E-state index in [9.17, 15) is 29.7 Å². The second-order valence-corrected chi connectivity index (χ2v) is 19.5. The van der Waals surface area contributed by atoms with Crippen LogP contribution in [0.5, 0.6) is 0 Å². The number of fused-ring (bicyclic) bond motifs is 8. The summed E-state index contributed by atoms with van der Waals surface area (Å²) < 4.78 is 0. The first kappa shape index (κ1) is 53.3. The fraction of sp³-hybridized carbons (Fsp3) is 0.574. The first-order valence-electron chi connectivity index (χ1n) is 24.2. The van der Waals surface area contributed by atoms with E-state index in [4.69, 9.17) is 19.9 Å². The molecule has 3 aromatic heterocycles. The molecule has 11 heteroatoms. The summed E-state index contributed by atoms with van der Waals surface area (Å²) in [5, 5.41) is 31.3. The second-order valence-electron chi connectivity index (χ2n) is 19.5. The Hall–Kier alpha value is -4.31. The zero-order chi connectivity index (χ0) is 46.7. The van der Waals surface area contributed by atoms with Crippen LogP contribution in [0.25, 0.3) is 44.4 Å². The van der Waals surface area contributed by atoms with Crippen LogP contribution in [-0.2, 0) is 37.9 Å². The molecule has 8 bridgehead atoms. The minimum Gasteiger partial charge on any atom is -0.657 e. The maximum Gasteiger partial charge on any atom is 2.00 e. The van der Waals surface area contributed by atoms with E-state index in [1.165, 1.54) is 57.8 Å². The van der Waals surface area contributed by atoms with Gasteiger partial charge in [-0.1, -0.05) is 153 Å². The number of carbonyl (C=O) groups is 3. The van der Waals surface area contributed by atoms with Gasteiger partial charge in [-0.2, -0.15) is 0 Å². The summed E-state index contributed by atoms with van der Waals surface area (Å²) in [6, 6.07) is 7.38. The Morgan fingerprint density at radius 2 is 1.08 bits per heavy atom. The molecule has 3 N–H and O–H groups in total. The molecule has 65 heavy (non-hydrogen) atoms. The smallest absolute Gasteiger partial charge is 0.657 e. The Balaban J connectivity index is 0.00000925. The summed E-state index contributed by atoms with van der Waals surface area (Å²) in [5.74, 6) is 0.993. The first-order chi connectivity index (χ1) is 30.5. The van der Waals surface area contributed by atoms with Gasteiger partial charge in [0.05, 0.1) is 28.9 Å². The predicted octanol–water partition coefficient (Wildman–Crippen LogP) is 12.8. The molecule has 0 saturated carbocycles. The largest absolute Gasteiger partial charge is 2.00 e. The van der Waals surface area contributed by atoms with Crippen molar-refractivity contribution in [3.63, 3.8) is 0 Å². The molecule has 4 atom stereocenters. The van der Waals surface area contributed by atoms with Gasteiger partial charge in [-0.25, -0.2) is 9.97 Å². The Bertz CT molecular complexity index is 2370. The number of carboxylic acid groups (broad SMARTS) is 2. The van der Waals surface area contributed by atoms with Crippen molar-refractivity contribution in [3.8, 4) is 0 Å². The standard InChI is InChI=1S/C54H76N4O6.Fe/c1-10-39-36(7)44-29-50-54(51(60)22-14-21-35(6)20-13-19-34(5)18-12-17-33(4)16-11-15-32(2)3)38(9)45(57-50)28-49-42(31-59)41(24-26-53(63)64)48(58-49)30-47-40(23-25-52(61)62)37(8)43(56-47)27-46(39)55-44;/h27-35,51,60H,10-26H2,1-9H3,(H4,55,56,57,58,59,61,62,63,64);/q;+2/p-2. The average Bonchev–Trinajstić information content (AvgIpc) is 3.91. The average molecular weight is 931 g/mol. The van der Waals surface area contributed by atoms with Crippen LogP contribution >= 0.6 is 0 Å². The van der Waals surface area contributed by atoms with Crippen LogP contribution in [0.2, 0.25) is 0 Å². The Kier molecular flexibility index (Phi) is 20.5. The number of allylic oxidation sites excluding steroid dienone is 4. The van der Waals surface area contributed by atoms with E-state index in [2.05, 4.69) is 41.5 Å². The summed E-state index contributed by atoms with van der Waals surface area (Å²) in [7, 11) is 0. The van der Waals surface area contributed by atoms with Crippen LogP contribution in [0.1, 0.15) is 202 Å². The molecular formula is C54H74FeN4O6. The van der Waals surface area contributed by atoms with Crippen LogP contribution in [0.4, 0.5) is 0 Å². The van der Waals surface area contributed by atoms with Gasteiger partial charge in [0, 0.05) is 18.4 Å². The predicted molar refractivity (Wildman–Crippen MR) is 260 cm³/mol. The molecule has 0 radical (unpaired) electrons. The topological polar surface area (TPSA) is 166 Å². The number of aliphatic hydroxyl groups excluding tert-OH is 1. The van der Waals surface area contributed by atoms with Crippen molar-refractivity contribution in [2.45, 2.75) is 178 Å². The van der Waals surface area contributed by atoms with Crippen molar-refractivity contribution in [3.05, 3.63) is 69.3 Å². The van der Waals surface area contributed by atoms with Crippen molar-refractivity contribution in [2.24, 2.45) is 23.7 Å². The van der Waals surface area contributed by atoms with Crippen molar-refractivity contribution in [1.29, 1.82) is 0 Å². The summed E-state index contributed by atoms with van der Waals surface area (Å²) in [5.41, 5.74) is 10.5. The van der Waals surface area contributed by atoms with Crippen LogP contribution in [0, 0.1) is 37.5 Å². The van der Waals surface area contributed by atoms with Crippen LogP contribution < -0.4 is 9.97 Å². The number of aliphatic carboxylic acids is 2. The minimum absolute atomic E-state index is 0. The number of carboxylic acids is 2. The minimum atomic E-state index is -1.01. The summed E-state index contributed by atoms with van der Waals surface area (Å²) in [6.45, 7) is 19.8. The molecule has 0 saturated heterocycles. The summed E-state index contributed by atoms with van der Waals surface area (Å²) >= 11 is 0. The Morgan fingerprint density at radius 1 is 0.615 bits per heavy atom. The van der Waals surface area contributed by atoms with Gasteiger partial charge in [-0.3, -0.25) is 14.4 Å². The Labute approximate surface area is 398 Å². The van der Waals surface area contributed by atoms with Gasteiger partial charge >= 0.3 is 29.0 Å². The van der Waals surface area contributed by atoms with E-state index in [0.29, 0.717) is 57.7 Å². The molecule has 0 aliphatic carbocycles. The number of aromatic nitrogens is 4. The first-order valence-corrected chi connectivity index (χ1v) is 24.2. The molecule has 3 aromatic rings. The zero-order valence-electron chi connectivity index (χ0n) is 40.5. The molecule has 2 aliphatic heterocycles. The van der Waals surface area contributed by atoms with Crippen LogP contribution in [0.3, 0.4) is 0 Å². The molecule has 0 fully saturated rings. The number of rotatable bonds is 25. The van der Waals surface area contributed by atoms with E-state index in [0.717, 1.165) is 81.8 Å². The molecule has 0 amide bonds. The Morgan fingerprint density at radius 3 is 1.63 bits per heavy atom. The summed E-state index contributed by atoms with van der Waals surface area (Å²) in [4.78, 5) is 56.5. The van der Waals surface area contributed by atoms with Crippen molar-refractivity contribution in [1.82, 2.24) is 19.9 Å². The third-order valence-electron chi connectivity index (χ3n) is 13.7. The molecule has 4 unspecified atom stereocenters. The third kappa shape index (κ3) is 14.3. The van der Waals surface area contributed by atoms with E-state index >= 15 is 0 Å². The normalized spacial score (nSPS) is 14.7. The van der Waals surface area contributed by atoms with Gasteiger partial charge in [-0.15, -0.1) is 22.1 Å². The second kappa shape index (κ2) is 25.0. The zero-order valence-corrected chi connectivity index (χ0v) is 41.6. The number of nitrogens with zero attached hydrogens (tertiary/aromatic N) is 4. The molecule has 2 aliphatic rings. The van der Waals surface area contributed by atoms with Crippen molar-refractivity contribution >= 4 is 62.6 Å². The molecule has 354 valence electrons. The van der Waals surface area contributed by atoms with E-state index in [1.54, 1.807) is 12.1 Å². The van der Waals surface area contributed by atoms with Gasteiger partial charge in [0.2, 0.25) is 0 Å². The molecular weight excluding hydrogens is 856 g/mol. The quantitative estimate of drug-likeness (QED) is 0.0550. The molecule has 5 rings (SSSR count). The number of aliphatic hydroxyl groups is 1. The van der Waals surface area contributed by atoms with Gasteiger partial charge < -0.3 is 25.3 Å². The number of carbonyl (C=O) groups excluding carboxylic acids is 1. The summed E-state index contributed by atoms with van der Waals surface area (Å²) in [6.07, 6.45) is 14.8. The van der Waals surface area contributed by atoms with Crippen LogP contribution in [-0.4, -0.2) is 43.5 Å². The van der Waals surface area contributed by atoms with Gasteiger partial charge in [0.25, 0.3) is 0 Å². The van der Waals surface area contributed by atoms with Crippen LogP contribution in [0.15, 0.2) is 24.3 Å². The van der Waals surface area contributed by atoms with E-state index in [-0.39, 0.29) is 48.3 Å². The SMILES string of the molecule is CCC1=C(C)c2cc3[n-]c(cc4nc(cc5[n-]c(cc1n2)c(C)c5CCC(=O)O)C(CCC(=O)O)=C4C=O)c(C)c3C(O)CCCC(C)CCCC(C)CCCC(C)CCCC(C)C.[Fe+2]. The van der Waals surface area contributed by atoms with Gasteiger partial charge in [0.1, 0.15) is 0 Å². The number of aldehydes is 1. The number of hydrogen-bond acceptors (Lipinski definition) is 6. The molecule has 10 nitrogen and oxygen atoms in total. The van der Waals surface area contributed by atoms with Gasteiger partial charge in [-0.05, 0) is 92.4 Å². The third-order valence-corrected chi connectivity index (χ3v) is 13.7. The van der Waals surface area contributed by atoms with Crippen molar-refractivity contribution < 1.29 is 46.8 Å². The van der Waals surface area contributed by atoms with Gasteiger partial charge in [0.15, 0.2) is 6.29 Å². The number of hydrogen-bond donors (Lipinski definition) is 3. The molecule has 5 heterocycles. The number of aryl methyl sites for hydroxylation is 3.